The number of rotatable bonds is 3. The summed E-state index contributed by atoms with van der Waals surface area (Å²) in [6.45, 7) is 0.467. The van der Waals surface area contributed by atoms with Crippen molar-refractivity contribution in [3.8, 4) is 0 Å². The van der Waals surface area contributed by atoms with Crippen LogP contribution in [0.1, 0.15) is 18.7 Å². The molecule has 1 N–H and O–H groups in total. The predicted molar refractivity (Wildman–Crippen MR) is 58.6 cm³/mol. The van der Waals surface area contributed by atoms with Crippen molar-refractivity contribution >= 4 is 11.8 Å². The third-order valence-corrected chi connectivity index (χ3v) is 2.96. The molecular weight excluding hydrogens is 222 g/mol. The van der Waals surface area contributed by atoms with Crippen molar-refractivity contribution in [1.82, 2.24) is 25.0 Å². The van der Waals surface area contributed by atoms with Crippen LogP contribution in [0.3, 0.4) is 0 Å². The number of nitrogens with zero attached hydrogens (tertiary/aromatic N) is 4. The average Bonchev–Trinajstić information content (AvgIpc) is 2.71. The van der Waals surface area contributed by atoms with Crippen LogP contribution in [-0.4, -0.2) is 44.6 Å². The Hall–Kier alpha value is -1.76. The van der Waals surface area contributed by atoms with Gasteiger partial charge in [-0.1, -0.05) is 0 Å². The molecule has 1 aliphatic rings. The highest BCUT2D eigenvalue weighted by Gasteiger charge is 2.31. The molecule has 0 aromatic carbocycles. The quantitative estimate of drug-likeness (QED) is 0.686. The largest absolute Gasteiger partial charge is 0.299 e. The molecule has 2 amide bonds. The lowest BCUT2D eigenvalue weighted by atomic mass is 10.0. The second-order valence-electron chi connectivity index (χ2n) is 4.06. The molecule has 1 aliphatic heterocycles. The fourth-order valence-electron chi connectivity index (χ4n) is 1.80. The standard InChI is InChI=1S/C10H15N5O2/c1-14-9(16)4-3-7(10(14)17)11-5-8-12-6-13-15(8)2/h6-7,11H,3-5H2,1-2H3. The van der Waals surface area contributed by atoms with Gasteiger partial charge in [0.25, 0.3) is 0 Å². The molecule has 1 unspecified atom stereocenters. The number of carbonyl (C=O) groups excluding carboxylic acids is 2. The number of nitrogens with one attached hydrogen (secondary N) is 1. The van der Waals surface area contributed by atoms with E-state index < -0.39 is 0 Å². The van der Waals surface area contributed by atoms with Gasteiger partial charge in [0.05, 0.1) is 12.6 Å². The van der Waals surface area contributed by atoms with Crippen molar-refractivity contribution in [2.24, 2.45) is 7.05 Å². The third-order valence-electron chi connectivity index (χ3n) is 2.96. The first-order chi connectivity index (χ1) is 8.09. The molecule has 2 rings (SSSR count). The van der Waals surface area contributed by atoms with E-state index in [2.05, 4.69) is 15.4 Å². The lowest BCUT2D eigenvalue weighted by Gasteiger charge is -2.28. The number of likely N-dealkylation sites (N-methyl/N-ethyl adjacent to an activating group) is 1. The molecule has 1 aromatic rings. The molecule has 0 bridgehead atoms. The van der Waals surface area contributed by atoms with Crippen LogP contribution in [0.15, 0.2) is 6.33 Å². The Morgan fingerprint density at radius 2 is 2.24 bits per heavy atom. The molecule has 0 radical (unpaired) electrons. The molecule has 1 aromatic heterocycles. The lowest BCUT2D eigenvalue weighted by Crippen LogP contribution is -2.51. The Kier molecular flexibility index (Phi) is 3.19. The molecule has 1 atom stereocenters. The van der Waals surface area contributed by atoms with Crippen molar-refractivity contribution in [1.29, 1.82) is 0 Å². The van der Waals surface area contributed by atoms with Crippen LogP contribution in [0.5, 0.6) is 0 Å². The topological polar surface area (TPSA) is 80.1 Å². The number of aryl methyl sites for hydroxylation is 1. The Labute approximate surface area is 98.8 Å². The summed E-state index contributed by atoms with van der Waals surface area (Å²) in [6, 6.07) is -0.311. The van der Waals surface area contributed by atoms with Crippen LogP contribution in [0.4, 0.5) is 0 Å². The normalized spacial score (nSPS) is 21.1. The molecule has 1 saturated heterocycles. The molecule has 92 valence electrons. The first-order valence-corrected chi connectivity index (χ1v) is 5.46. The fourth-order valence-corrected chi connectivity index (χ4v) is 1.80. The zero-order chi connectivity index (χ0) is 12.4. The van der Waals surface area contributed by atoms with Gasteiger partial charge in [-0.05, 0) is 6.42 Å². The van der Waals surface area contributed by atoms with Crippen LogP contribution in [-0.2, 0) is 23.2 Å². The van der Waals surface area contributed by atoms with Crippen molar-refractivity contribution in [3.05, 3.63) is 12.2 Å². The van der Waals surface area contributed by atoms with Crippen molar-refractivity contribution < 1.29 is 9.59 Å². The zero-order valence-corrected chi connectivity index (χ0v) is 9.88. The monoisotopic (exact) mass is 237 g/mol. The van der Waals surface area contributed by atoms with Crippen molar-refractivity contribution in [3.63, 3.8) is 0 Å². The molecule has 7 nitrogen and oxygen atoms in total. The number of carbonyl (C=O) groups is 2. The summed E-state index contributed by atoms with van der Waals surface area (Å²) >= 11 is 0. The number of aromatic nitrogens is 3. The minimum atomic E-state index is -0.311. The zero-order valence-electron chi connectivity index (χ0n) is 9.88. The molecule has 0 aliphatic carbocycles. The van der Waals surface area contributed by atoms with E-state index >= 15 is 0 Å². The van der Waals surface area contributed by atoms with Gasteiger partial charge in [0.15, 0.2) is 0 Å². The number of likely N-dealkylation sites (tertiary alicyclic amines) is 1. The highest BCUT2D eigenvalue weighted by molar-refractivity contribution is 6.00. The SMILES string of the molecule is CN1C(=O)CCC(NCc2ncnn2C)C1=O. The second kappa shape index (κ2) is 4.62. The van der Waals surface area contributed by atoms with Gasteiger partial charge in [-0.2, -0.15) is 5.10 Å². The van der Waals surface area contributed by atoms with Crippen LogP contribution >= 0.6 is 0 Å². The number of piperidine rings is 1. The molecule has 17 heavy (non-hydrogen) atoms. The summed E-state index contributed by atoms with van der Waals surface area (Å²) in [4.78, 5) is 28.3. The summed E-state index contributed by atoms with van der Waals surface area (Å²) in [5.74, 6) is 0.465. The van der Waals surface area contributed by atoms with E-state index in [0.29, 0.717) is 19.4 Å². The maximum Gasteiger partial charge on any atom is 0.246 e. The molecule has 0 spiro atoms. The summed E-state index contributed by atoms with van der Waals surface area (Å²) in [5.41, 5.74) is 0. The Balaban J connectivity index is 1.94. The van der Waals surface area contributed by atoms with E-state index in [1.807, 2.05) is 0 Å². The fraction of sp³-hybridized carbons (Fsp3) is 0.600. The highest BCUT2D eigenvalue weighted by Crippen LogP contribution is 2.11. The molecule has 1 fully saturated rings. The van der Waals surface area contributed by atoms with E-state index in [0.717, 1.165) is 5.82 Å². The van der Waals surface area contributed by atoms with Gasteiger partial charge < -0.3 is 0 Å². The molecule has 0 saturated carbocycles. The first kappa shape index (κ1) is 11.7. The van der Waals surface area contributed by atoms with Crippen LogP contribution in [0.2, 0.25) is 0 Å². The average molecular weight is 237 g/mol. The van der Waals surface area contributed by atoms with Crippen LogP contribution in [0, 0.1) is 0 Å². The van der Waals surface area contributed by atoms with E-state index in [1.54, 1.807) is 11.7 Å². The summed E-state index contributed by atoms with van der Waals surface area (Å²) in [7, 11) is 3.31. The van der Waals surface area contributed by atoms with E-state index in [1.165, 1.54) is 18.3 Å². The minimum Gasteiger partial charge on any atom is -0.299 e. The predicted octanol–water partition coefficient (Wildman–Crippen LogP) is -0.948. The van der Waals surface area contributed by atoms with E-state index in [9.17, 15) is 9.59 Å². The van der Waals surface area contributed by atoms with Gasteiger partial charge >= 0.3 is 0 Å². The first-order valence-electron chi connectivity index (χ1n) is 5.46. The Morgan fingerprint density at radius 3 is 2.88 bits per heavy atom. The van der Waals surface area contributed by atoms with Gasteiger partial charge in [-0.15, -0.1) is 0 Å². The lowest BCUT2D eigenvalue weighted by molar-refractivity contribution is -0.148. The Bertz CT molecular complexity index is 442. The van der Waals surface area contributed by atoms with Gasteiger partial charge in [0.2, 0.25) is 11.8 Å². The second-order valence-corrected chi connectivity index (χ2v) is 4.06. The van der Waals surface area contributed by atoms with E-state index in [-0.39, 0.29) is 17.9 Å². The van der Waals surface area contributed by atoms with Gasteiger partial charge in [0.1, 0.15) is 12.2 Å². The third kappa shape index (κ3) is 2.33. The van der Waals surface area contributed by atoms with Crippen molar-refractivity contribution in [2.75, 3.05) is 7.05 Å². The van der Waals surface area contributed by atoms with Crippen LogP contribution < -0.4 is 5.32 Å². The molecule has 2 heterocycles. The van der Waals surface area contributed by atoms with Gasteiger partial charge in [-0.25, -0.2) is 4.98 Å². The van der Waals surface area contributed by atoms with Gasteiger partial charge in [0, 0.05) is 20.5 Å². The molecular formula is C10H15N5O2. The number of hydrogen-bond donors (Lipinski definition) is 1. The maximum absolute atomic E-state index is 11.8. The van der Waals surface area contributed by atoms with Crippen molar-refractivity contribution in [2.45, 2.75) is 25.4 Å². The minimum absolute atomic E-state index is 0.119. The summed E-state index contributed by atoms with van der Waals surface area (Å²) in [5, 5.41) is 7.04. The summed E-state index contributed by atoms with van der Waals surface area (Å²) in [6.07, 6.45) is 2.41. The smallest absolute Gasteiger partial charge is 0.246 e. The van der Waals surface area contributed by atoms with E-state index in [4.69, 9.17) is 0 Å². The number of amides is 2. The summed E-state index contributed by atoms with van der Waals surface area (Å²) < 4.78 is 1.65. The van der Waals surface area contributed by atoms with Crippen LogP contribution in [0.25, 0.3) is 0 Å². The Morgan fingerprint density at radius 1 is 1.47 bits per heavy atom. The van der Waals surface area contributed by atoms with Gasteiger partial charge in [-0.3, -0.25) is 24.5 Å². The number of imide groups is 1. The highest BCUT2D eigenvalue weighted by atomic mass is 16.2. The maximum atomic E-state index is 11.8. The molecule has 7 heteroatoms. The number of hydrogen-bond acceptors (Lipinski definition) is 5.